The first-order valence-corrected chi connectivity index (χ1v) is 3.98. The van der Waals surface area contributed by atoms with E-state index in [1.54, 1.807) is 11.8 Å². The summed E-state index contributed by atoms with van der Waals surface area (Å²) in [5, 5.41) is 9.28. The van der Waals surface area contributed by atoms with Crippen LogP contribution in [-0.4, -0.2) is 40.0 Å². The lowest BCUT2D eigenvalue weighted by molar-refractivity contribution is -0.112. The largest absolute Gasteiger partial charge is 0.390 e. The number of thiocarbonyl (C=S) groups is 1. The number of hydrogen-bond acceptors (Lipinski definition) is 3. The highest BCUT2D eigenvalue weighted by Crippen LogP contribution is 2.16. The zero-order valence-electron chi connectivity index (χ0n) is 6.36. The van der Waals surface area contributed by atoms with Gasteiger partial charge in [-0.2, -0.15) is 0 Å². The summed E-state index contributed by atoms with van der Waals surface area (Å²) in [6.07, 6.45) is 0.857. The van der Waals surface area contributed by atoms with Gasteiger partial charge in [0, 0.05) is 6.54 Å². The monoisotopic (exact) mass is 173 g/mol. The number of hydrogen-bond donors (Lipinski definition) is 1. The highest BCUT2D eigenvalue weighted by molar-refractivity contribution is 7.80. The van der Waals surface area contributed by atoms with E-state index in [0.29, 0.717) is 18.0 Å². The number of nitrogens with zero attached hydrogens (tertiary/aromatic N) is 1. The fraction of sp³-hybridized carbons (Fsp3) is 0.714. The molecule has 1 rings (SSSR count). The van der Waals surface area contributed by atoms with Gasteiger partial charge in [-0.3, -0.25) is 0 Å². The van der Waals surface area contributed by atoms with E-state index < -0.39 is 12.1 Å². The first-order valence-electron chi connectivity index (χ1n) is 3.57. The molecule has 0 saturated carbocycles. The van der Waals surface area contributed by atoms with E-state index in [1.165, 1.54) is 0 Å². The average molecular weight is 173 g/mol. The van der Waals surface area contributed by atoms with Gasteiger partial charge in [-0.15, -0.1) is 0 Å². The number of aldehydes is 1. The van der Waals surface area contributed by atoms with Crippen molar-refractivity contribution in [2.75, 3.05) is 6.54 Å². The van der Waals surface area contributed by atoms with E-state index in [9.17, 15) is 9.90 Å². The normalized spacial score (nSPS) is 30.5. The fourth-order valence-electron chi connectivity index (χ4n) is 1.33. The van der Waals surface area contributed by atoms with Crippen LogP contribution >= 0.6 is 12.2 Å². The maximum absolute atomic E-state index is 10.5. The summed E-state index contributed by atoms with van der Waals surface area (Å²) in [4.78, 5) is 12.9. The zero-order valence-corrected chi connectivity index (χ0v) is 7.17. The summed E-state index contributed by atoms with van der Waals surface area (Å²) in [5.41, 5.74) is 0. The zero-order chi connectivity index (χ0) is 8.43. The van der Waals surface area contributed by atoms with E-state index in [2.05, 4.69) is 0 Å². The topological polar surface area (TPSA) is 40.5 Å². The first kappa shape index (κ1) is 8.62. The molecule has 0 bridgehead atoms. The van der Waals surface area contributed by atoms with Crippen molar-refractivity contribution in [2.24, 2.45) is 0 Å². The van der Waals surface area contributed by atoms with Crippen LogP contribution in [0.4, 0.5) is 0 Å². The second kappa shape index (κ2) is 3.28. The summed E-state index contributed by atoms with van der Waals surface area (Å²) >= 11 is 4.91. The summed E-state index contributed by atoms with van der Waals surface area (Å²) < 4.78 is 0. The summed E-state index contributed by atoms with van der Waals surface area (Å²) in [5.74, 6) is 0. The van der Waals surface area contributed by atoms with Gasteiger partial charge in [0.05, 0.1) is 11.1 Å². The predicted octanol–water partition coefficient (Wildman–Crippen LogP) is -0.0322. The van der Waals surface area contributed by atoms with Gasteiger partial charge in [0.15, 0.2) is 0 Å². The lowest BCUT2D eigenvalue weighted by Crippen LogP contribution is -2.38. The van der Waals surface area contributed by atoms with E-state index >= 15 is 0 Å². The molecule has 1 heterocycles. The molecule has 62 valence electrons. The number of aliphatic hydroxyl groups is 1. The molecule has 0 radical (unpaired) electrons. The lowest BCUT2D eigenvalue weighted by atomic mass is 10.2. The Kier molecular flexibility index (Phi) is 2.57. The SMILES string of the molecule is CC(=S)N1CC[C@H](O)[C@H]1C=O. The third-order valence-electron chi connectivity index (χ3n) is 1.96. The molecular weight excluding hydrogens is 162 g/mol. The Bertz CT molecular complexity index is 183. The molecule has 1 N–H and O–H groups in total. The molecule has 1 fully saturated rings. The van der Waals surface area contributed by atoms with Crippen LogP contribution in [0.5, 0.6) is 0 Å². The fourth-order valence-corrected chi connectivity index (χ4v) is 1.54. The molecule has 0 aromatic rings. The van der Waals surface area contributed by atoms with Crippen molar-refractivity contribution < 1.29 is 9.90 Å². The number of rotatable bonds is 1. The summed E-state index contributed by atoms with van der Waals surface area (Å²) in [7, 11) is 0. The molecule has 1 aliphatic rings. The van der Waals surface area contributed by atoms with Gasteiger partial charge in [0.2, 0.25) is 0 Å². The van der Waals surface area contributed by atoms with Crippen molar-refractivity contribution in [1.82, 2.24) is 4.90 Å². The molecular formula is C7H11NO2S. The van der Waals surface area contributed by atoms with Gasteiger partial charge >= 0.3 is 0 Å². The molecule has 0 aliphatic carbocycles. The Morgan fingerprint density at radius 2 is 2.45 bits per heavy atom. The van der Waals surface area contributed by atoms with Gasteiger partial charge < -0.3 is 14.8 Å². The maximum atomic E-state index is 10.5. The quantitative estimate of drug-likeness (QED) is 0.446. The smallest absolute Gasteiger partial charge is 0.145 e. The lowest BCUT2D eigenvalue weighted by Gasteiger charge is -2.21. The molecule has 4 heteroatoms. The van der Waals surface area contributed by atoms with Crippen LogP contribution in [0.15, 0.2) is 0 Å². The van der Waals surface area contributed by atoms with Crippen molar-refractivity contribution in [3.8, 4) is 0 Å². The molecule has 0 amide bonds. The van der Waals surface area contributed by atoms with Crippen molar-refractivity contribution in [2.45, 2.75) is 25.5 Å². The molecule has 0 aromatic heterocycles. The Morgan fingerprint density at radius 3 is 2.82 bits per heavy atom. The summed E-state index contributed by atoms with van der Waals surface area (Å²) in [6, 6.07) is -0.410. The number of carbonyl (C=O) groups excluding carboxylic acids is 1. The van der Waals surface area contributed by atoms with Crippen LogP contribution in [0.25, 0.3) is 0 Å². The highest BCUT2D eigenvalue weighted by Gasteiger charge is 2.32. The molecule has 3 nitrogen and oxygen atoms in total. The van der Waals surface area contributed by atoms with Crippen LogP contribution in [-0.2, 0) is 4.79 Å². The number of aliphatic hydroxyl groups excluding tert-OH is 1. The van der Waals surface area contributed by atoms with Crippen LogP contribution in [0, 0.1) is 0 Å². The van der Waals surface area contributed by atoms with Crippen LogP contribution in [0.1, 0.15) is 13.3 Å². The van der Waals surface area contributed by atoms with Gasteiger partial charge in [-0.1, -0.05) is 12.2 Å². The third-order valence-corrected chi connectivity index (χ3v) is 2.20. The minimum Gasteiger partial charge on any atom is -0.390 e. The maximum Gasteiger partial charge on any atom is 0.145 e. The molecule has 1 aliphatic heterocycles. The second-order valence-electron chi connectivity index (χ2n) is 2.70. The van der Waals surface area contributed by atoms with Crippen LogP contribution in [0.2, 0.25) is 0 Å². The Hall–Kier alpha value is -0.480. The standard InChI is InChI=1S/C7H11NO2S/c1-5(11)8-3-2-7(10)6(8)4-9/h4,6-7,10H,2-3H2,1H3/t6-,7+/m1/s1. The van der Waals surface area contributed by atoms with Crippen LogP contribution < -0.4 is 0 Å². The van der Waals surface area contributed by atoms with Gasteiger partial charge in [-0.05, 0) is 13.3 Å². The minimum absolute atomic E-state index is 0.410. The van der Waals surface area contributed by atoms with Crippen molar-refractivity contribution in [3.63, 3.8) is 0 Å². The Morgan fingerprint density at radius 1 is 1.82 bits per heavy atom. The molecule has 2 atom stereocenters. The molecule has 0 unspecified atom stereocenters. The molecule has 11 heavy (non-hydrogen) atoms. The molecule has 0 aromatic carbocycles. The first-order chi connectivity index (χ1) is 5.16. The average Bonchev–Trinajstić information content (AvgIpc) is 2.30. The third kappa shape index (κ3) is 1.57. The highest BCUT2D eigenvalue weighted by atomic mass is 32.1. The van der Waals surface area contributed by atoms with E-state index in [1.807, 2.05) is 0 Å². The predicted molar refractivity (Wildman–Crippen MR) is 45.5 cm³/mol. The number of likely N-dealkylation sites (tertiary alicyclic amines) is 1. The molecule has 1 saturated heterocycles. The van der Waals surface area contributed by atoms with Crippen molar-refractivity contribution >= 4 is 23.5 Å². The van der Waals surface area contributed by atoms with E-state index in [4.69, 9.17) is 12.2 Å². The van der Waals surface area contributed by atoms with E-state index in [-0.39, 0.29) is 0 Å². The van der Waals surface area contributed by atoms with E-state index in [0.717, 1.165) is 6.29 Å². The Labute approximate surface area is 71.0 Å². The van der Waals surface area contributed by atoms with Gasteiger partial charge in [0.1, 0.15) is 12.3 Å². The minimum atomic E-state index is -0.537. The molecule has 0 spiro atoms. The van der Waals surface area contributed by atoms with Crippen molar-refractivity contribution in [3.05, 3.63) is 0 Å². The van der Waals surface area contributed by atoms with Gasteiger partial charge in [0.25, 0.3) is 0 Å². The second-order valence-corrected chi connectivity index (χ2v) is 3.29. The number of carbonyl (C=O) groups is 1. The van der Waals surface area contributed by atoms with Gasteiger partial charge in [-0.25, -0.2) is 0 Å². The summed E-state index contributed by atoms with van der Waals surface area (Å²) in [6.45, 7) is 2.46. The van der Waals surface area contributed by atoms with Crippen LogP contribution in [0.3, 0.4) is 0 Å². The Balaban J connectivity index is 2.68. The van der Waals surface area contributed by atoms with Crippen molar-refractivity contribution in [1.29, 1.82) is 0 Å².